The number of aliphatic hydroxyl groups excluding tert-OH is 1. The van der Waals surface area contributed by atoms with Gasteiger partial charge in [-0.15, -0.1) is 0 Å². The molecule has 134 valence electrons. The molecule has 0 unspecified atom stereocenters. The second-order valence-corrected chi connectivity index (χ2v) is 6.40. The summed E-state index contributed by atoms with van der Waals surface area (Å²) in [4.78, 5) is 12.3. The van der Waals surface area contributed by atoms with E-state index in [1.165, 1.54) is 5.56 Å². The normalized spacial score (nSPS) is 13.3. The van der Waals surface area contributed by atoms with Gasteiger partial charge in [0, 0.05) is 12.1 Å². The van der Waals surface area contributed by atoms with Crippen LogP contribution in [0.15, 0.2) is 48.5 Å². The summed E-state index contributed by atoms with van der Waals surface area (Å²) in [6.45, 7) is 4.37. The second kappa shape index (κ2) is 9.35. The van der Waals surface area contributed by atoms with E-state index in [9.17, 15) is 9.90 Å². The van der Waals surface area contributed by atoms with E-state index in [4.69, 9.17) is 0 Å². The number of nitrogens with one attached hydrogen (secondary N) is 2. The molecule has 0 spiro atoms. The number of benzene rings is 2. The Morgan fingerprint density at radius 3 is 2.08 bits per heavy atom. The number of hydrogen-bond acceptors (Lipinski definition) is 3. The van der Waals surface area contributed by atoms with E-state index in [2.05, 4.69) is 41.8 Å². The second-order valence-electron chi connectivity index (χ2n) is 6.40. The fourth-order valence-corrected chi connectivity index (χ4v) is 2.78. The highest BCUT2D eigenvalue weighted by atomic mass is 16.3. The molecule has 0 radical (unpaired) electrons. The number of aryl methyl sites for hydroxylation is 1. The molecule has 4 nitrogen and oxygen atoms in total. The number of likely N-dealkylation sites (N-methyl/N-ethyl adjacent to an activating group) is 1. The largest absolute Gasteiger partial charge is 0.391 e. The first-order valence-electron chi connectivity index (χ1n) is 8.88. The first kappa shape index (κ1) is 19.2. The standard InChI is InChI=1S/C21H28N2O2/c1-4-5-16-6-8-17(9-7-16)18-10-12-19(13-11-18)21(25)23-20(14-22-3)15(2)24/h6-13,15,20,22,24H,4-5,14H2,1-3H3,(H,23,25)/t15-,20+/m1/s1. The average Bonchev–Trinajstić information content (AvgIpc) is 2.62. The molecule has 4 heteroatoms. The number of amides is 1. The van der Waals surface area contributed by atoms with Crippen LogP contribution in [0.1, 0.15) is 36.2 Å². The van der Waals surface area contributed by atoms with Gasteiger partial charge < -0.3 is 15.7 Å². The summed E-state index contributed by atoms with van der Waals surface area (Å²) >= 11 is 0. The van der Waals surface area contributed by atoms with Crippen LogP contribution in [-0.2, 0) is 6.42 Å². The van der Waals surface area contributed by atoms with Crippen LogP contribution in [0.3, 0.4) is 0 Å². The summed E-state index contributed by atoms with van der Waals surface area (Å²) in [6.07, 6.45) is 1.62. The molecule has 0 saturated heterocycles. The van der Waals surface area contributed by atoms with Gasteiger partial charge in [-0.2, -0.15) is 0 Å². The molecule has 2 aromatic carbocycles. The quantitative estimate of drug-likeness (QED) is 0.692. The van der Waals surface area contributed by atoms with Crippen molar-refractivity contribution in [2.24, 2.45) is 0 Å². The number of rotatable bonds is 8. The zero-order valence-electron chi connectivity index (χ0n) is 15.3. The average molecular weight is 340 g/mol. The highest BCUT2D eigenvalue weighted by Gasteiger charge is 2.17. The number of carbonyl (C=O) groups excluding carboxylic acids is 1. The van der Waals surface area contributed by atoms with E-state index in [0.29, 0.717) is 12.1 Å². The molecule has 0 bridgehead atoms. The van der Waals surface area contributed by atoms with E-state index in [1.54, 1.807) is 14.0 Å². The van der Waals surface area contributed by atoms with Gasteiger partial charge in [0.1, 0.15) is 0 Å². The van der Waals surface area contributed by atoms with Crippen molar-refractivity contribution >= 4 is 5.91 Å². The first-order valence-corrected chi connectivity index (χ1v) is 8.88. The summed E-state index contributed by atoms with van der Waals surface area (Å²) in [6, 6.07) is 15.8. The van der Waals surface area contributed by atoms with Crippen molar-refractivity contribution in [3.8, 4) is 11.1 Å². The predicted octanol–water partition coefficient (Wildman–Crippen LogP) is 3.00. The Morgan fingerprint density at radius 2 is 1.60 bits per heavy atom. The molecule has 0 aliphatic rings. The maximum atomic E-state index is 12.3. The number of aliphatic hydroxyl groups is 1. The molecule has 0 aromatic heterocycles. The SMILES string of the molecule is CCCc1ccc(-c2ccc(C(=O)N[C@@H](CNC)[C@@H](C)O)cc2)cc1. The Morgan fingerprint density at radius 1 is 1.04 bits per heavy atom. The summed E-state index contributed by atoms with van der Waals surface area (Å²) < 4.78 is 0. The van der Waals surface area contributed by atoms with Gasteiger partial charge >= 0.3 is 0 Å². The van der Waals surface area contributed by atoms with Crippen molar-refractivity contribution in [3.63, 3.8) is 0 Å². The number of hydrogen-bond donors (Lipinski definition) is 3. The molecule has 3 N–H and O–H groups in total. The Hall–Kier alpha value is -2.17. The van der Waals surface area contributed by atoms with E-state index in [1.807, 2.05) is 24.3 Å². The summed E-state index contributed by atoms with van der Waals surface area (Å²) in [7, 11) is 1.79. The minimum absolute atomic E-state index is 0.175. The van der Waals surface area contributed by atoms with Crippen molar-refractivity contribution in [2.45, 2.75) is 38.8 Å². The third kappa shape index (κ3) is 5.41. The van der Waals surface area contributed by atoms with E-state index in [-0.39, 0.29) is 11.9 Å². The van der Waals surface area contributed by atoms with Gasteiger partial charge in [0.2, 0.25) is 0 Å². The van der Waals surface area contributed by atoms with Gasteiger partial charge in [0.25, 0.3) is 5.91 Å². The van der Waals surface area contributed by atoms with Crippen LogP contribution in [0, 0.1) is 0 Å². The van der Waals surface area contributed by atoms with Crippen LogP contribution in [0.2, 0.25) is 0 Å². The van der Waals surface area contributed by atoms with Crippen molar-refractivity contribution in [2.75, 3.05) is 13.6 Å². The maximum absolute atomic E-state index is 12.3. The van der Waals surface area contributed by atoms with Crippen LogP contribution in [0.4, 0.5) is 0 Å². The van der Waals surface area contributed by atoms with Gasteiger partial charge in [0.15, 0.2) is 0 Å². The van der Waals surface area contributed by atoms with Crippen LogP contribution < -0.4 is 10.6 Å². The lowest BCUT2D eigenvalue weighted by atomic mass is 10.0. The zero-order valence-corrected chi connectivity index (χ0v) is 15.3. The number of carbonyl (C=O) groups is 1. The van der Waals surface area contributed by atoms with E-state index in [0.717, 1.165) is 24.0 Å². The lowest BCUT2D eigenvalue weighted by molar-refractivity contribution is 0.0859. The van der Waals surface area contributed by atoms with Gasteiger partial charge in [-0.1, -0.05) is 49.7 Å². The Labute approximate surface area is 150 Å². The third-order valence-electron chi connectivity index (χ3n) is 4.30. The lowest BCUT2D eigenvalue weighted by Gasteiger charge is -2.21. The molecule has 0 saturated carbocycles. The lowest BCUT2D eigenvalue weighted by Crippen LogP contribution is -2.47. The monoisotopic (exact) mass is 340 g/mol. The topological polar surface area (TPSA) is 61.4 Å². The third-order valence-corrected chi connectivity index (χ3v) is 4.30. The van der Waals surface area contributed by atoms with Gasteiger partial charge in [-0.3, -0.25) is 4.79 Å². The molecule has 0 heterocycles. The van der Waals surface area contributed by atoms with Gasteiger partial charge in [-0.05, 0) is 49.2 Å². The van der Waals surface area contributed by atoms with Crippen LogP contribution in [0.25, 0.3) is 11.1 Å². The predicted molar refractivity (Wildman–Crippen MR) is 103 cm³/mol. The summed E-state index contributed by atoms with van der Waals surface area (Å²) in [5, 5.41) is 15.6. The van der Waals surface area contributed by atoms with Crippen molar-refractivity contribution in [1.82, 2.24) is 10.6 Å². The fourth-order valence-electron chi connectivity index (χ4n) is 2.78. The zero-order chi connectivity index (χ0) is 18.2. The minimum Gasteiger partial charge on any atom is -0.391 e. The minimum atomic E-state index is -0.614. The fraction of sp³-hybridized carbons (Fsp3) is 0.381. The first-order chi connectivity index (χ1) is 12.0. The molecule has 2 aromatic rings. The summed E-state index contributed by atoms with van der Waals surface area (Å²) in [5.41, 5.74) is 4.16. The molecular weight excluding hydrogens is 312 g/mol. The highest BCUT2D eigenvalue weighted by molar-refractivity contribution is 5.94. The Kier molecular flexibility index (Phi) is 7.16. The van der Waals surface area contributed by atoms with Gasteiger partial charge in [0.05, 0.1) is 12.1 Å². The smallest absolute Gasteiger partial charge is 0.251 e. The maximum Gasteiger partial charge on any atom is 0.251 e. The van der Waals surface area contributed by atoms with Crippen LogP contribution in [0.5, 0.6) is 0 Å². The Balaban J connectivity index is 2.06. The molecule has 2 rings (SSSR count). The molecule has 0 aliphatic heterocycles. The van der Waals surface area contributed by atoms with Crippen molar-refractivity contribution in [3.05, 3.63) is 59.7 Å². The molecule has 0 aliphatic carbocycles. The molecular formula is C21H28N2O2. The molecule has 0 fully saturated rings. The summed E-state index contributed by atoms with van der Waals surface area (Å²) in [5.74, 6) is -0.175. The highest BCUT2D eigenvalue weighted by Crippen LogP contribution is 2.21. The van der Waals surface area contributed by atoms with Crippen molar-refractivity contribution in [1.29, 1.82) is 0 Å². The molecule has 2 atom stereocenters. The molecule has 1 amide bonds. The molecule has 25 heavy (non-hydrogen) atoms. The van der Waals surface area contributed by atoms with Gasteiger partial charge in [-0.25, -0.2) is 0 Å². The van der Waals surface area contributed by atoms with E-state index < -0.39 is 6.10 Å². The Bertz CT molecular complexity index is 663. The van der Waals surface area contributed by atoms with Crippen molar-refractivity contribution < 1.29 is 9.90 Å². The van der Waals surface area contributed by atoms with Crippen LogP contribution >= 0.6 is 0 Å². The van der Waals surface area contributed by atoms with E-state index >= 15 is 0 Å². The van der Waals surface area contributed by atoms with Crippen LogP contribution in [-0.4, -0.2) is 36.8 Å².